The van der Waals surface area contributed by atoms with Crippen LogP contribution < -0.4 is 0 Å². The number of benzene rings is 1. The quantitative estimate of drug-likeness (QED) is 0.542. The van der Waals surface area contributed by atoms with Gasteiger partial charge in [0.25, 0.3) is 17.7 Å². The molecule has 0 bridgehead atoms. The molecule has 7 heteroatoms. The van der Waals surface area contributed by atoms with Gasteiger partial charge in [-0.05, 0) is 45.7 Å². The van der Waals surface area contributed by atoms with E-state index in [1.165, 1.54) is 13.3 Å². The van der Waals surface area contributed by atoms with Gasteiger partial charge >= 0.3 is 5.97 Å². The number of esters is 1. The normalized spacial score (nSPS) is 18.9. The molecule has 0 aromatic heterocycles. The first-order valence-corrected chi connectivity index (χ1v) is 10.3. The molecule has 1 heterocycles. The minimum absolute atomic E-state index is 0.177. The molecule has 1 saturated carbocycles. The Morgan fingerprint density at radius 2 is 1.62 bits per heavy atom. The summed E-state index contributed by atoms with van der Waals surface area (Å²) in [6.45, 7) is 5.46. The minimum atomic E-state index is -1.11. The predicted octanol–water partition coefficient (Wildman–Crippen LogP) is 2.78. The van der Waals surface area contributed by atoms with Crippen LogP contribution in [0.1, 0.15) is 73.6 Å². The van der Waals surface area contributed by atoms with Gasteiger partial charge in [-0.3, -0.25) is 19.3 Å². The molecule has 3 amide bonds. The monoisotopic (exact) mass is 400 g/mol. The third-order valence-corrected chi connectivity index (χ3v) is 5.83. The summed E-state index contributed by atoms with van der Waals surface area (Å²) >= 11 is 0. The lowest BCUT2D eigenvalue weighted by Gasteiger charge is -2.35. The standard InChI is InChI=1S/C22H28N2O5/c1-4-23(16-10-6-5-7-11-16)19(25)15(3)29-22(28)14(2)24-20(26)17-12-8-9-13-18(17)21(24)27/h8-9,12-16H,4-7,10-11H2,1-3H3/t14-,15-/m1/s1. The van der Waals surface area contributed by atoms with Crippen LogP contribution in [0.2, 0.25) is 0 Å². The fourth-order valence-electron chi connectivity index (χ4n) is 4.21. The molecule has 0 saturated heterocycles. The van der Waals surface area contributed by atoms with Gasteiger partial charge in [-0.25, -0.2) is 4.79 Å². The highest BCUT2D eigenvalue weighted by Gasteiger charge is 2.42. The van der Waals surface area contributed by atoms with Gasteiger partial charge in [0, 0.05) is 12.6 Å². The van der Waals surface area contributed by atoms with E-state index in [2.05, 4.69) is 0 Å². The Labute approximate surface area is 171 Å². The molecule has 1 aliphatic carbocycles. The van der Waals surface area contributed by atoms with Crippen molar-refractivity contribution in [3.05, 3.63) is 35.4 Å². The summed E-state index contributed by atoms with van der Waals surface area (Å²) in [6.07, 6.45) is 4.34. The molecule has 0 unspecified atom stereocenters. The van der Waals surface area contributed by atoms with Crippen molar-refractivity contribution < 1.29 is 23.9 Å². The average molecular weight is 400 g/mol. The predicted molar refractivity (Wildman–Crippen MR) is 106 cm³/mol. The number of nitrogens with zero attached hydrogens (tertiary/aromatic N) is 2. The Bertz CT molecular complexity index is 780. The number of likely N-dealkylation sites (N-methyl/N-ethyl adjacent to an activating group) is 1. The molecule has 29 heavy (non-hydrogen) atoms. The molecule has 1 aromatic rings. The zero-order valence-corrected chi connectivity index (χ0v) is 17.2. The summed E-state index contributed by atoms with van der Waals surface area (Å²) in [4.78, 5) is 53.3. The number of carbonyl (C=O) groups is 4. The molecule has 156 valence electrons. The largest absolute Gasteiger partial charge is 0.451 e. The van der Waals surface area contributed by atoms with E-state index < -0.39 is 29.9 Å². The van der Waals surface area contributed by atoms with Crippen LogP contribution in [0, 0.1) is 0 Å². The number of ether oxygens (including phenoxy) is 1. The van der Waals surface area contributed by atoms with Crippen LogP contribution in [0.25, 0.3) is 0 Å². The van der Waals surface area contributed by atoms with Crippen LogP contribution in [0.5, 0.6) is 0 Å². The summed E-state index contributed by atoms with van der Waals surface area (Å²) in [6, 6.07) is 5.52. The number of fused-ring (bicyclic) bond motifs is 1. The molecule has 1 aromatic carbocycles. The maximum atomic E-state index is 12.9. The van der Waals surface area contributed by atoms with E-state index in [4.69, 9.17) is 4.74 Å². The highest BCUT2D eigenvalue weighted by Crippen LogP contribution is 2.26. The van der Waals surface area contributed by atoms with Gasteiger partial charge in [-0.2, -0.15) is 0 Å². The molecule has 2 aliphatic rings. The van der Waals surface area contributed by atoms with E-state index in [1.807, 2.05) is 6.92 Å². The van der Waals surface area contributed by atoms with Crippen molar-refractivity contribution >= 4 is 23.7 Å². The van der Waals surface area contributed by atoms with Gasteiger partial charge in [0.1, 0.15) is 6.04 Å². The van der Waals surface area contributed by atoms with E-state index in [9.17, 15) is 19.2 Å². The van der Waals surface area contributed by atoms with E-state index >= 15 is 0 Å². The van der Waals surface area contributed by atoms with Crippen molar-refractivity contribution in [2.75, 3.05) is 6.54 Å². The first-order chi connectivity index (χ1) is 13.9. The minimum Gasteiger partial charge on any atom is -0.451 e. The Morgan fingerprint density at radius 3 is 2.14 bits per heavy atom. The summed E-state index contributed by atoms with van der Waals surface area (Å²) in [5, 5.41) is 0. The molecular formula is C22H28N2O5. The summed E-state index contributed by atoms with van der Waals surface area (Å²) in [7, 11) is 0. The van der Waals surface area contributed by atoms with Crippen molar-refractivity contribution in [1.82, 2.24) is 9.80 Å². The number of hydrogen-bond acceptors (Lipinski definition) is 5. The maximum Gasteiger partial charge on any atom is 0.329 e. The van der Waals surface area contributed by atoms with Crippen LogP contribution in [-0.4, -0.2) is 58.2 Å². The number of hydrogen-bond donors (Lipinski definition) is 0. The Kier molecular flexibility index (Phi) is 6.35. The summed E-state index contributed by atoms with van der Waals surface area (Å²) in [5.74, 6) is -2.04. The average Bonchev–Trinajstić information content (AvgIpc) is 2.99. The first-order valence-electron chi connectivity index (χ1n) is 10.3. The molecule has 0 N–H and O–H groups in total. The van der Waals surface area contributed by atoms with Crippen molar-refractivity contribution in [3.8, 4) is 0 Å². The Balaban J connectivity index is 1.65. The fourth-order valence-corrected chi connectivity index (χ4v) is 4.21. The van der Waals surface area contributed by atoms with Crippen LogP contribution in [-0.2, 0) is 14.3 Å². The number of amides is 3. The lowest BCUT2D eigenvalue weighted by Crippen LogP contribution is -2.49. The Morgan fingerprint density at radius 1 is 1.07 bits per heavy atom. The zero-order chi connectivity index (χ0) is 21.1. The van der Waals surface area contributed by atoms with E-state index in [0.717, 1.165) is 30.6 Å². The second kappa shape index (κ2) is 8.76. The van der Waals surface area contributed by atoms with Crippen LogP contribution in [0.3, 0.4) is 0 Å². The van der Waals surface area contributed by atoms with Crippen LogP contribution in [0.4, 0.5) is 0 Å². The first kappa shape index (κ1) is 21.0. The van der Waals surface area contributed by atoms with Crippen molar-refractivity contribution in [2.24, 2.45) is 0 Å². The summed E-state index contributed by atoms with van der Waals surface area (Å²) in [5.41, 5.74) is 0.548. The van der Waals surface area contributed by atoms with Crippen molar-refractivity contribution in [1.29, 1.82) is 0 Å². The zero-order valence-electron chi connectivity index (χ0n) is 17.2. The number of carbonyl (C=O) groups excluding carboxylic acids is 4. The van der Waals surface area contributed by atoms with Gasteiger partial charge in [0.15, 0.2) is 6.10 Å². The molecule has 0 spiro atoms. The molecule has 1 fully saturated rings. The maximum absolute atomic E-state index is 12.9. The SMILES string of the molecule is CCN(C(=O)[C@@H](C)OC(=O)[C@@H](C)N1C(=O)c2ccccc2C1=O)C1CCCCC1. The smallest absolute Gasteiger partial charge is 0.329 e. The van der Waals surface area contributed by atoms with Crippen LogP contribution >= 0.6 is 0 Å². The third kappa shape index (κ3) is 4.04. The molecular weight excluding hydrogens is 372 g/mol. The van der Waals surface area contributed by atoms with E-state index in [0.29, 0.717) is 6.54 Å². The second-order valence-corrected chi connectivity index (χ2v) is 7.70. The molecule has 0 radical (unpaired) electrons. The second-order valence-electron chi connectivity index (χ2n) is 7.70. The molecule has 3 rings (SSSR count). The Hall–Kier alpha value is -2.70. The molecule has 2 atom stereocenters. The van der Waals surface area contributed by atoms with Gasteiger partial charge in [0.05, 0.1) is 11.1 Å². The van der Waals surface area contributed by atoms with Gasteiger partial charge in [-0.1, -0.05) is 31.4 Å². The number of rotatable bonds is 6. The highest BCUT2D eigenvalue weighted by molar-refractivity contribution is 6.22. The number of imide groups is 1. The summed E-state index contributed by atoms with van der Waals surface area (Å²) < 4.78 is 5.38. The van der Waals surface area contributed by atoms with Crippen molar-refractivity contribution in [3.63, 3.8) is 0 Å². The fraction of sp³-hybridized carbons (Fsp3) is 0.545. The molecule has 1 aliphatic heterocycles. The van der Waals surface area contributed by atoms with Gasteiger partial charge in [0.2, 0.25) is 0 Å². The van der Waals surface area contributed by atoms with Gasteiger partial charge < -0.3 is 9.64 Å². The molecule has 7 nitrogen and oxygen atoms in total. The topological polar surface area (TPSA) is 84.0 Å². The van der Waals surface area contributed by atoms with Crippen molar-refractivity contribution in [2.45, 2.75) is 71.1 Å². The third-order valence-electron chi connectivity index (χ3n) is 5.83. The highest BCUT2D eigenvalue weighted by atomic mass is 16.5. The lowest BCUT2D eigenvalue weighted by atomic mass is 9.94. The van der Waals surface area contributed by atoms with Crippen LogP contribution in [0.15, 0.2) is 24.3 Å². The van der Waals surface area contributed by atoms with E-state index in [1.54, 1.807) is 36.1 Å². The van der Waals surface area contributed by atoms with Gasteiger partial charge in [-0.15, -0.1) is 0 Å². The lowest BCUT2D eigenvalue weighted by molar-refractivity contribution is -0.163. The van der Waals surface area contributed by atoms with E-state index in [-0.39, 0.29) is 23.1 Å².